The molecule has 0 spiro atoms. The van der Waals surface area contributed by atoms with E-state index in [-0.39, 0.29) is 11.6 Å². The van der Waals surface area contributed by atoms with Crippen LogP contribution in [-0.2, 0) is 5.75 Å². The second-order valence-corrected chi connectivity index (χ2v) is 6.71. The van der Waals surface area contributed by atoms with E-state index in [2.05, 4.69) is 5.16 Å². The Balaban J connectivity index is 2.06. The molecule has 3 rings (SSSR count). The van der Waals surface area contributed by atoms with Crippen molar-refractivity contribution in [3.8, 4) is 0 Å². The van der Waals surface area contributed by atoms with Crippen molar-refractivity contribution in [1.82, 2.24) is 14.7 Å². The van der Waals surface area contributed by atoms with Crippen LogP contribution in [0.3, 0.4) is 0 Å². The van der Waals surface area contributed by atoms with Gasteiger partial charge in [-0.3, -0.25) is 9.36 Å². The standard InChI is InChI=1S/C17H19N3O2S/c1-10(2)20-16(21)13-7-5-6-8-15(13)18-17(20)23-9-14-11(3)19-22-12(14)4/h5-8,10H,9H2,1-4H3. The zero-order valence-corrected chi connectivity index (χ0v) is 14.5. The lowest BCUT2D eigenvalue weighted by Gasteiger charge is -2.16. The molecular formula is C17H19N3O2S. The van der Waals surface area contributed by atoms with Gasteiger partial charge < -0.3 is 4.52 Å². The van der Waals surface area contributed by atoms with E-state index in [1.807, 2.05) is 52.0 Å². The first kappa shape index (κ1) is 15.8. The molecule has 0 unspecified atom stereocenters. The monoisotopic (exact) mass is 329 g/mol. The minimum atomic E-state index is 0.00635. The SMILES string of the molecule is Cc1noc(C)c1CSc1nc2ccccc2c(=O)n1C(C)C. The third kappa shape index (κ3) is 2.91. The van der Waals surface area contributed by atoms with Crippen LogP contribution in [0.1, 0.15) is 36.9 Å². The number of hydrogen-bond acceptors (Lipinski definition) is 5. The molecule has 5 nitrogen and oxygen atoms in total. The Labute approximate surface area is 138 Å². The van der Waals surface area contributed by atoms with E-state index in [1.54, 1.807) is 16.3 Å². The topological polar surface area (TPSA) is 60.9 Å². The Morgan fingerprint density at radius 3 is 2.65 bits per heavy atom. The fraction of sp³-hybridized carbons (Fsp3) is 0.353. The highest BCUT2D eigenvalue weighted by Crippen LogP contribution is 2.26. The van der Waals surface area contributed by atoms with Crippen LogP contribution in [-0.4, -0.2) is 14.7 Å². The summed E-state index contributed by atoms with van der Waals surface area (Å²) in [6.45, 7) is 7.82. The number of thioether (sulfide) groups is 1. The first-order chi connectivity index (χ1) is 11.0. The fourth-order valence-corrected chi connectivity index (χ4v) is 3.81. The van der Waals surface area contributed by atoms with Gasteiger partial charge in [-0.1, -0.05) is 29.1 Å². The molecule has 0 aliphatic heterocycles. The maximum atomic E-state index is 12.8. The largest absolute Gasteiger partial charge is 0.361 e. The van der Waals surface area contributed by atoms with Gasteiger partial charge in [-0.15, -0.1) is 0 Å². The number of para-hydroxylation sites is 1. The van der Waals surface area contributed by atoms with E-state index >= 15 is 0 Å². The summed E-state index contributed by atoms with van der Waals surface area (Å²) in [4.78, 5) is 17.5. The van der Waals surface area contributed by atoms with Crippen LogP contribution in [0.25, 0.3) is 10.9 Å². The van der Waals surface area contributed by atoms with Gasteiger partial charge in [0.1, 0.15) is 5.76 Å². The first-order valence-corrected chi connectivity index (χ1v) is 8.53. The highest BCUT2D eigenvalue weighted by molar-refractivity contribution is 7.98. The number of rotatable bonds is 4. The maximum Gasteiger partial charge on any atom is 0.262 e. The second-order valence-electron chi connectivity index (χ2n) is 5.77. The lowest BCUT2D eigenvalue weighted by Crippen LogP contribution is -2.25. The van der Waals surface area contributed by atoms with E-state index < -0.39 is 0 Å². The molecule has 0 N–H and O–H groups in total. The number of hydrogen-bond donors (Lipinski definition) is 0. The molecule has 2 heterocycles. The molecule has 1 aromatic carbocycles. The molecular weight excluding hydrogens is 310 g/mol. The Bertz CT molecular complexity index is 892. The number of aromatic nitrogens is 3. The molecule has 0 amide bonds. The average Bonchev–Trinajstić information content (AvgIpc) is 2.83. The van der Waals surface area contributed by atoms with E-state index in [1.165, 1.54) is 0 Å². The van der Waals surface area contributed by atoms with E-state index in [4.69, 9.17) is 9.51 Å². The molecule has 0 atom stereocenters. The van der Waals surface area contributed by atoms with Crippen LogP contribution in [0.5, 0.6) is 0 Å². The van der Waals surface area contributed by atoms with Gasteiger partial charge in [-0.2, -0.15) is 0 Å². The van der Waals surface area contributed by atoms with Crippen LogP contribution in [0.2, 0.25) is 0 Å². The highest BCUT2D eigenvalue weighted by Gasteiger charge is 2.16. The summed E-state index contributed by atoms with van der Waals surface area (Å²) >= 11 is 1.54. The third-order valence-corrected chi connectivity index (χ3v) is 4.80. The molecule has 0 fully saturated rings. The summed E-state index contributed by atoms with van der Waals surface area (Å²) in [5.74, 6) is 1.49. The van der Waals surface area contributed by atoms with Gasteiger partial charge in [0, 0.05) is 17.4 Å². The van der Waals surface area contributed by atoms with Gasteiger partial charge in [0.05, 0.1) is 16.6 Å². The molecule has 23 heavy (non-hydrogen) atoms. The normalized spacial score (nSPS) is 11.5. The van der Waals surface area contributed by atoms with Crippen LogP contribution >= 0.6 is 11.8 Å². The lowest BCUT2D eigenvalue weighted by molar-refractivity contribution is 0.392. The zero-order chi connectivity index (χ0) is 16.6. The van der Waals surface area contributed by atoms with Crippen LogP contribution in [0.15, 0.2) is 38.7 Å². The number of nitrogens with zero attached hydrogens (tertiary/aromatic N) is 3. The van der Waals surface area contributed by atoms with Crippen molar-refractivity contribution < 1.29 is 4.52 Å². The van der Waals surface area contributed by atoms with Gasteiger partial charge in [-0.05, 0) is 39.8 Å². The van der Waals surface area contributed by atoms with Crippen LogP contribution < -0.4 is 5.56 Å². The summed E-state index contributed by atoms with van der Waals surface area (Å²) in [6, 6.07) is 7.52. The third-order valence-electron chi connectivity index (χ3n) is 3.82. The van der Waals surface area contributed by atoms with Gasteiger partial charge in [0.2, 0.25) is 0 Å². The van der Waals surface area contributed by atoms with E-state index in [0.717, 1.165) is 27.7 Å². The fourth-order valence-electron chi connectivity index (χ4n) is 2.53. The average molecular weight is 329 g/mol. The Kier molecular flexibility index (Phi) is 4.26. The highest BCUT2D eigenvalue weighted by atomic mass is 32.2. The lowest BCUT2D eigenvalue weighted by atomic mass is 10.2. The minimum absolute atomic E-state index is 0.00635. The Morgan fingerprint density at radius 1 is 1.26 bits per heavy atom. The predicted molar refractivity (Wildman–Crippen MR) is 91.9 cm³/mol. The molecule has 2 aromatic heterocycles. The summed E-state index contributed by atoms with van der Waals surface area (Å²) in [5.41, 5.74) is 2.68. The van der Waals surface area contributed by atoms with Crippen LogP contribution in [0.4, 0.5) is 0 Å². The van der Waals surface area contributed by atoms with Crippen molar-refractivity contribution >= 4 is 22.7 Å². The van der Waals surface area contributed by atoms with Crippen molar-refractivity contribution in [2.24, 2.45) is 0 Å². The van der Waals surface area contributed by atoms with Crippen LogP contribution in [0, 0.1) is 13.8 Å². The molecule has 0 aliphatic carbocycles. The molecule has 120 valence electrons. The van der Waals surface area contributed by atoms with E-state index in [0.29, 0.717) is 11.1 Å². The number of benzene rings is 1. The summed E-state index contributed by atoms with van der Waals surface area (Å²) < 4.78 is 6.96. The van der Waals surface area contributed by atoms with Crippen molar-refractivity contribution in [3.05, 3.63) is 51.6 Å². The number of aryl methyl sites for hydroxylation is 2. The number of fused-ring (bicyclic) bond motifs is 1. The summed E-state index contributed by atoms with van der Waals surface area (Å²) in [5, 5.41) is 5.36. The van der Waals surface area contributed by atoms with Crippen molar-refractivity contribution in [3.63, 3.8) is 0 Å². The van der Waals surface area contributed by atoms with Gasteiger partial charge in [0.25, 0.3) is 5.56 Å². The molecule has 0 saturated heterocycles. The minimum Gasteiger partial charge on any atom is -0.361 e. The summed E-state index contributed by atoms with van der Waals surface area (Å²) in [7, 11) is 0. The molecule has 0 radical (unpaired) electrons. The van der Waals surface area contributed by atoms with Gasteiger partial charge in [-0.25, -0.2) is 4.98 Å². The quantitative estimate of drug-likeness (QED) is 0.537. The van der Waals surface area contributed by atoms with Gasteiger partial charge >= 0.3 is 0 Å². The van der Waals surface area contributed by atoms with Crippen molar-refractivity contribution in [1.29, 1.82) is 0 Å². The Hall–Kier alpha value is -2.08. The smallest absolute Gasteiger partial charge is 0.262 e. The molecule has 0 saturated carbocycles. The Morgan fingerprint density at radius 2 is 2.00 bits per heavy atom. The van der Waals surface area contributed by atoms with E-state index in [9.17, 15) is 4.79 Å². The molecule has 3 aromatic rings. The molecule has 0 aliphatic rings. The first-order valence-electron chi connectivity index (χ1n) is 7.55. The summed E-state index contributed by atoms with van der Waals surface area (Å²) in [6.07, 6.45) is 0. The second kappa shape index (κ2) is 6.20. The van der Waals surface area contributed by atoms with Crippen molar-refractivity contribution in [2.75, 3.05) is 0 Å². The predicted octanol–water partition coefficient (Wildman–Crippen LogP) is 3.87. The van der Waals surface area contributed by atoms with Crippen molar-refractivity contribution in [2.45, 2.75) is 44.6 Å². The zero-order valence-electron chi connectivity index (χ0n) is 13.7. The van der Waals surface area contributed by atoms with Gasteiger partial charge in [0.15, 0.2) is 5.16 Å². The molecule has 6 heteroatoms. The maximum absolute atomic E-state index is 12.8. The molecule has 0 bridgehead atoms.